The maximum atomic E-state index is 11.2. The SMILES string of the molecule is O=C(O)[C@H](Cc1ccc(O)cc1)NCC(O)C(O)C(O)CO. The van der Waals surface area contributed by atoms with Gasteiger partial charge in [-0.15, -0.1) is 0 Å². The Labute approximate surface area is 127 Å². The first-order valence-electron chi connectivity index (χ1n) is 6.74. The predicted molar refractivity (Wildman–Crippen MR) is 76.3 cm³/mol. The number of carboxylic acids is 1. The Morgan fingerprint density at radius 3 is 2.18 bits per heavy atom. The van der Waals surface area contributed by atoms with Crippen LogP contribution in [0.25, 0.3) is 0 Å². The van der Waals surface area contributed by atoms with Gasteiger partial charge in [-0.2, -0.15) is 0 Å². The summed E-state index contributed by atoms with van der Waals surface area (Å²) in [6, 6.07) is 5.01. The number of benzene rings is 1. The molecule has 0 fully saturated rings. The average molecular weight is 315 g/mol. The molecule has 0 aliphatic heterocycles. The molecule has 0 amide bonds. The molecule has 8 nitrogen and oxygen atoms in total. The summed E-state index contributed by atoms with van der Waals surface area (Å²) in [7, 11) is 0. The van der Waals surface area contributed by atoms with Gasteiger partial charge in [0.15, 0.2) is 0 Å². The Kier molecular flexibility index (Phi) is 7.22. The van der Waals surface area contributed by atoms with Crippen LogP contribution in [0.1, 0.15) is 5.56 Å². The minimum absolute atomic E-state index is 0.0696. The number of hydrogen-bond donors (Lipinski definition) is 7. The number of rotatable bonds is 9. The van der Waals surface area contributed by atoms with E-state index >= 15 is 0 Å². The number of nitrogens with one attached hydrogen (secondary N) is 1. The van der Waals surface area contributed by atoms with Crippen molar-refractivity contribution in [2.75, 3.05) is 13.2 Å². The van der Waals surface area contributed by atoms with Crippen molar-refractivity contribution in [2.24, 2.45) is 0 Å². The second-order valence-corrected chi connectivity index (χ2v) is 4.98. The fraction of sp³-hybridized carbons (Fsp3) is 0.500. The smallest absolute Gasteiger partial charge is 0.321 e. The molecule has 0 aliphatic rings. The van der Waals surface area contributed by atoms with Crippen molar-refractivity contribution in [3.63, 3.8) is 0 Å². The minimum Gasteiger partial charge on any atom is -0.508 e. The van der Waals surface area contributed by atoms with Gasteiger partial charge in [0.1, 0.15) is 24.0 Å². The van der Waals surface area contributed by atoms with Crippen molar-refractivity contribution >= 4 is 5.97 Å². The van der Waals surface area contributed by atoms with Crippen LogP contribution in [0.2, 0.25) is 0 Å². The number of aromatic hydroxyl groups is 1. The summed E-state index contributed by atoms with van der Waals surface area (Å²) < 4.78 is 0. The Bertz CT molecular complexity index is 465. The number of aliphatic hydroxyl groups excluding tert-OH is 4. The van der Waals surface area contributed by atoms with Gasteiger partial charge in [-0.3, -0.25) is 4.79 Å². The third kappa shape index (κ3) is 5.58. The topological polar surface area (TPSA) is 150 Å². The average Bonchev–Trinajstić information content (AvgIpc) is 2.50. The molecule has 0 heterocycles. The highest BCUT2D eigenvalue weighted by Crippen LogP contribution is 2.11. The van der Waals surface area contributed by atoms with Crippen molar-refractivity contribution in [3.8, 4) is 5.75 Å². The number of aliphatic hydroxyl groups is 4. The van der Waals surface area contributed by atoms with Gasteiger partial charge in [-0.25, -0.2) is 0 Å². The predicted octanol–water partition coefficient (Wildman–Crippen LogP) is -1.95. The molecule has 22 heavy (non-hydrogen) atoms. The molecule has 7 N–H and O–H groups in total. The van der Waals surface area contributed by atoms with Crippen LogP contribution in [0.4, 0.5) is 0 Å². The van der Waals surface area contributed by atoms with Gasteiger partial charge < -0.3 is 36.0 Å². The number of aliphatic carboxylic acids is 1. The van der Waals surface area contributed by atoms with E-state index in [2.05, 4.69) is 5.32 Å². The van der Waals surface area contributed by atoms with Gasteiger partial charge in [0.2, 0.25) is 0 Å². The van der Waals surface area contributed by atoms with Crippen LogP contribution >= 0.6 is 0 Å². The van der Waals surface area contributed by atoms with E-state index in [1.54, 1.807) is 12.1 Å². The second kappa shape index (κ2) is 8.66. The zero-order valence-corrected chi connectivity index (χ0v) is 11.8. The fourth-order valence-electron chi connectivity index (χ4n) is 1.86. The van der Waals surface area contributed by atoms with Gasteiger partial charge in [0.05, 0.1) is 12.7 Å². The highest BCUT2D eigenvalue weighted by Gasteiger charge is 2.26. The van der Waals surface area contributed by atoms with E-state index in [9.17, 15) is 25.2 Å². The summed E-state index contributed by atoms with van der Waals surface area (Å²) in [6.07, 6.45) is -4.40. The lowest BCUT2D eigenvalue weighted by molar-refractivity contribution is -0.139. The lowest BCUT2D eigenvalue weighted by Crippen LogP contribution is -2.49. The van der Waals surface area contributed by atoms with Crippen LogP contribution < -0.4 is 5.32 Å². The molecule has 0 aliphatic carbocycles. The third-order valence-electron chi connectivity index (χ3n) is 3.22. The normalized spacial score (nSPS) is 16.7. The fourth-order valence-corrected chi connectivity index (χ4v) is 1.86. The van der Waals surface area contributed by atoms with E-state index in [1.807, 2.05) is 0 Å². The Morgan fingerprint density at radius 2 is 1.68 bits per heavy atom. The largest absolute Gasteiger partial charge is 0.508 e. The number of carboxylic acid groups (broad SMARTS) is 1. The van der Waals surface area contributed by atoms with Crippen molar-refractivity contribution in [2.45, 2.75) is 30.8 Å². The Balaban J connectivity index is 2.58. The Morgan fingerprint density at radius 1 is 1.09 bits per heavy atom. The standard InChI is InChI=1S/C14H21NO7/c16-7-12(19)13(20)11(18)6-15-10(14(21)22)5-8-1-3-9(17)4-2-8/h1-4,10-13,15-20H,5-7H2,(H,21,22)/t10-,11?,12?,13?/m0/s1. The van der Waals surface area contributed by atoms with Crippen LogP contribution in [0.5, 0.6) is 5.75 Å². The first-order chi connectivity index (χ1) is 10.3. The van der Waals surface area contributed by atoms with Gasteiger partial charge in [0, 0.05) is 6.54 Å². The summed E-state index contributed by atoms with van der Waals surface area (Å²) >= 11 is 0. The highest BCUT2D eigenvalue weighted by atomic mass is 16.4. The van der Waals surface area contributed by atoms with Gasteiger partial charge in [-0.05, 0) is 24.1 Å². The first-order valence-corrected chi connectivity index (χ1v) is 6.74. The second-order valence-electron chi connectivity index (χ2n) is 4.98. The quantitative estimate of drug-likeness (QED) is 0.278. The van der Waals surface area contributed by atoms with Crippen LogP contribution in [0.3, 0.4) is 0 Å². The molecular weight excluding hydrogens is 294 g/mol. The van der Waals surface area contributed by atoms with Crippen LogP contribution in [0.15, 0.2) is 24.3 Å². The minimum atomic E-state index is -1.58. The zero-order valence-electron chi connectivity index (χ0n) is 11.8. The first kappa shape index (κ1) is 18.3. The summed E-state index contributed by atoms with van der Waals surface area (Å²) in [5.74, 6) is -1.07. The number of carbonyl (C=O) groups is 1. The summed E-state index contributed by atoms with van der Waals surface area (Å²) in [4.78, 5) is 11.2. The van der Waals surface area contributed by atoms with Crippen LogP contribution in [-0.4, -0.2) is 74.1 Å². The molecule has 1 aromatic carbocycles. The molecule has 0 radical (unpaired) electrons. The van der Waals surface area contributed by atoms with Crippen LogP contribution in [-0.2, 0) is 11.2 Å². The van der Waals surface area contributed by atoms with Crippen molar-refractivity contribution in [3.05, 3.63) is 29.8 Å². The summed E-state index contributed by atoms with van der Waals surface area (Å²) in [5, 5.41) is 57.9. The molecule has 0 aromatic heterocycles. The molecule has 4 atom stereocenters. The summed E-state index contributed by atoms with van der Waals surface area (Å²) in [6.45, 7) is -0.985. The van der Waals surface area contributed by atoms with E-state index in [4.69, 9.17) is 10.2 Å². The molecule has 0 spiro atoms. The molecule has 0 bridgehead atoms. The molecule has 1 rings (SSSR count). The van der Waals surface area contributed by atoms with Gasteiger partial charge in [0.25, 0.3) is 0 Å². The number of phenols is 1. The van der Waals surface area contributed by atoms with Gasteiger partial charge in [-0.1, -0.05) is 12.1 Å². The Hall–Kier alpha value is -1.71. The molecule has 1 aromatic rings. The van der Waals surface area contributed by atoms with E-state index in [1.165, 1.54) is 12.1 Å². The lowest BCUT2D eigenvalue weighted by Gasteiger charge is -2.23. The molecule has 0 saturated heterocycles. The molecule has 124 valence electrons. The molecule has 0 saturated carbocycles. The number of hydrogen-bond acceptors (Lipinski definition) is 7. The van der Waals surface area contributed by atoms with Crippen molar-refractivity contribution in [1.82, 2.24) is 5.32 Å². The third-order valence-corrected chi connectivity index (χ3v) is 3.22. The van der Waals surface area contributed by atoms with E-state index in [0.717, 1.165) is 0 Å². The van der Waals surface area contributed by atoms with Crippen molar-refractivity contribution in [1.29, 1.82) is 0 Å². The maximum absolute atomic E-state index is 11.2. The lowest BCUT2D eigenvalue weighted by atomic mass is 10.0. The van der Waals surface area contributed by atoms with Gasteiger partial charge >= 0.3 is 5.97 Å². The van der Waals surface area contributed by atoms with E-state index in [0.29, 0.717) is 5.56 Å². The molecular formula is C14H21NO7. The number of phenolic OH excluding ortho intramolecular Hbond substituents is 1. The van der Waals surface area contributed by atoms with E-state index < -0.39 is 36.9 Å². The maximum Gasteiger partial charge on any atom is 0.321 e. The molecule has 8 heteroatoms. The zero-order chi connectivity index (χ0) is 16.7. The monoisotopic (exact) mass is 315 g/mol. The highest BCUT2D eigenvalue weighted by molar-refractivity contribution is 5.73. The summed E-state index contributed by atoms with van der Waals surface area (Å²) in [5.41, 5.74) is 0.670. The van der Waals surface area contributed by atoms with Crippen LogP contribution in [0, 0.1) is 0 Å². The van der Waals surface area contributed by atoms with E-state index in [-0.39, 0.29) is 18.7 Å². The van der Waals surface area contributed by atoms with Crippen molar-refractivity contribution < 1.29 is 35.4 Å². The molecule has 3 unspecified atom stereocenters.